The quantitative estimate of drug-likeness (QED) is 0.441. The highest BCUT2D eigenvalue weighted by molar-refractivity contribution is 6.02. The standard InChI is InChI=1S/C22H24N2O3/c1-2-3-4-10-15-24-21(25)19-14-9-8-13-18(19)20(23-24)22(26)27-16-17-11-6-5-7-12-17/h5-9,11-14H,2-4,10,15-16H2,1H3. The summed E-state index contributed by atoms with van der Waals surface area (Å²) in [6.45, 7) is 2.81. The Kier molecular flexibility index (Phi) is 6.36. The lowest BCUT2D eigenvalue weighted by atomic mass is 10.1. The van der Waals surface area contributed by atoms with Crippen molar-refractivity contribution in [3.8, 4) is 0 Å². The van der Waals surface area contributed by atoms with E-state index >= 15 is 0 Å². The molecule has 0 bridgehead atoms. The van der Waals surface area contributed by atoms with E-state index in [4.69, 9.17) is 4.74 Å². The van der Waals surface area contributed by atoms with Crippen molar-refractivity contribution in [2.24, 2.45) is 0 Å². The van der Waals surface area contributed by atoms with E-state index in [9.17, 15) is 9.59 Å². The van der Waals surface area contributed by atoms with E-state index < -0.39 is 5.97 Å². The summed E-state index contributed by atoms with van der Waals surface area (Å²) in [5.41, 5.74) is 0.932. The first-order valence-corrected chi connectivity index (χ1v) is 9.41. The Labute approximate surface area is 158 Å². The second-order valence-electron chi connectivity index (χ2n) is 6.54. The lowest BCUT2D eigenvalue weighted by Gasteiger charge is -2.11. The maximum Gasteiger partial charge on any atom is 0.359 e. The van der Waals surface area contributed by atoms with Gasteiger partial charge in [0, 0.05) is 11.9 Å². The van der Waals surface area contributed by atoms with Crippen LogP contribution < -0.4 is 5.56 Å². The molecule has 0 fully saturated rings. The van der Waals surface area contributed by atoms with Crippen LogP contribution in [0.25, 0.3) is 10.8 Å². The first-order chi connectivity index (χ1) is 13.2. The first kappa shape index (κ1) is 18.8. The third kappa shape index (κ3) is 4.61. The number of nitrogens with zero attached hydrogens (tertiary/aromatic N) is 2. The fourth-order valence-electron chi connectivity index (χ4n) is 3.02. The Morgan fingerprint density at radius 1 is 0.963 bits per heavy atom. The Balaban J connectivity index is 1.87. The molecule has 0 unspecified atom stereocenters. The molecule has 1 aromatic heterocycles. The van der Waals surface area contributed by atoms with Gasteiger partial charge in [0.1, 0.15) is 6.61 Å². The van der Waals surface area contributed by atoms with E-state index in [0.29, 0.717) is 17.3 Å². The second kappa shape index (κ2) is 9.12. The van der Waals surface area contributed by atoms with E-state index in [1.165, 1.54) is 4.68 Å². The average Bonchev–Trinajstić information content (AvgIpc) is 2.72. The van der Waals surface area contributed by atoms with Gasteiger partial charge in [0.2, 0.25) is 0 Å². The number of aryl methyl sites for hydroxylation is 1. The number of unbranched alkanes of at least 4 members (excludes halogenated alkanes) is 3. The second-order valence-corrected chi connectivity index (χ2v) is 6.54. The van der Waals surface area contributed by atoms with Gasteiger partial charge in [-0.25, -0.2) is 9.48 Å². The van der Waals surface area contributed by atoms with E-state index in [1.54, 1.807) is 24.3 Å². The van der Waals surface area contributed by atoms with E-state index in [-0.39, 0.29) is 17.9 Å². The van der Waals surface area contributed by atoms with Crippen molar-refractivity contribution < 1.29 is 9.53 Å². The molecule has 3 aromatic rings. The minimum atomic E-state index is -0.516. The van der Waals surface area contributed by atoms with Crippen molar-refractivity contribution in [3.63, 3.8) is 0 Å². The molecule has 1 heterocycles. The molecule has 3 rings (SSSR count). The van der Waals surface area contributed by atoms with Crippen LogP contribution in [0.5, 0.6) is 0 Å². The molecule has 0 aliphatic rings. The van der Waals surface area contributed by atoms with E-state index in [0.717, 1.165) is 31.2 Å². The molecule has 2 aromatic carbocycles. The maximum absolute atomic E-state index is 12.7. The van der Waals surface area contributed by atoms with Gasteiger partial charge in [-0.15, -0.1) is 0 Å². The van der Waals surface area contributed by atoms with Crippen LogP contribution in [0, 0.1) is 0 Å². The van der Waals surface area contributed by atoms with Gasteiger partial charge in [-0.1, -0.05) is 74.7 Å². The Morgan fingerprint density at radius 2 is 1.67 bits per heavy atom. The molecule has 0 aliphatic heterocycles. The van der Waals surface area contributed by atoms with Gasteiger partial charge in [-0.05, 0) is 18.1 Å². The van der Waals surface area contributed by atoms with Crippen LogP contribution in [-0.2, 0) is 17.9 Å². The van der Waals surface area contributed by atoms with Gasteiger partial charge in [-0.3, -0.25) is 4.79 Å². The summed E-state index contributed by atoms with van der Waals surface area (Å²) in [4.78, 5) is 25.4. The molecule has 0 atom stereocenters. The number of benzene rings is 2. The van der Waals surface area contributed by atoms with Crippen LogP contribution in [0.2, 0.25) is 0 Å². The van der Waals surface area contributed by atoms with Crippen molar-refractivity contribution in [2.45, 2.75) is 45.8 Å². The SMILES string of the molecule is CCCCCCn1nc(C(=O)OCc2ccccc2)c2ccccc2c1=O. The van der Waals surface area contributed by atoms with Crippen molar-refractivity contribution in [2.75, 3.05) is 0 Å². The number of ether oxygens (including phenoxy) is 1. The number of hydrogen-bond donors (Lipinski definition) is 0. The summed E-state index contributed by atoms with van der Waals surface area (Å²) in [6, 6.07) is 16.6. The molecule has 0 saturated carbocycles. The maximum atomic E-state index is 12.7. The van der Waals surface area contributed by atoms with Gasteiger partial charge >= 0.3 is 5.97 Å². The van der Waals surface area contributed by atoms with Crippen LogP contribution in [-0.4, -0.2) is 15.7 Å². The fourth-order valence-corrected chi connectivity index (χ4v) is 3.02. The van der Waals surface area contributed by atoms with Gasteiger partial charge in [0.25, 0.3) is 5.56 Å². The van der Waals surface area contributed by atoms with Crippen LogP contribution >= 0.6 is 0 Å². The Bertz CT molecular complexity index is 964. The number of fused-ring (bicyclic) bond motifs is 1. The van der Waals surface area contributed by atoms with Gasteiger partial charge in [0.15, 0.2) is 5.69 Å². The van der Waals surface area contributed by atoms with Crippen molar-refractivity contribution in [3.05, 3.63) is 76.2 Å². The zero-order chi connectivity index (χ0) is 19.1. The molecule has 0 aliphatic carbocycles. The van der Waals surface area contributed by atoms with Crippen LogP contribution in [0.3, 0.4) is 0 Å². The highest BCUT2D eigenvalue weighted by atomic mass is 16.5. The lowest BCUT2D eigenvalue weighted by Crippen LogP contribution is -2.26. The molecule has 5 nitrogen and oxygen atoms in total. The zero-order valence-electron chi connectivity index (χ0n) is 15.6. The zero-order valence-corrected chi connectivity index (χ0v) is 15.6. The summed E-state index contributed by atoms with van der Waals surface area (Å²) >= 11 is 0. The predicted octanol–water partition coefficient (Wildman–Crippen LogP) is 4.33. The van der Waals surface area contributed by atoms with Crippen LogP contribution in [0.1, 0.15) is 48.7 Å². The van der Waals surface area contributed by atoms with Crippen molar-refractivity contribution in [1.82, 2.24) is 9.78 Å². The first-order valence-electron chi connectivity index (χ1n) is 9.41. The molecule has 5 heteroatoms. The summed E-state index contributed by atoms with van der Waals surface area (Å²) in [6.07, 6.45) is 4.13. The molecule has 140 valence electrons. The van der Waals surface area contributed by atoms with Crippen molar-refractivity contribution in [1.29, 1.82) is 0 Å². The normalized spacial score (nSPS) is 10.9. The number of hydrogen-bond acceptors (Lipinski definition) is 4. The molecule has 27 heavy (non-hydrogen) atoms. The molecule has 0 spiro atoms. The minimum absolute atomic E-state index is 0.165. The van der Waals surface area contributed by atoms with Crippen LogP contribution in [0.4, 0.5) is 0 Å². The smallest absolute Gasteiger partial charge is 0.359 e. The van der Waals surface area contributed by atoms with Crippen LogP contribution in [0.15, 0.2) is 59.4 Å². The summed E-state index contributed by atoms with van der Waals surface area (Å²) in [7, 11) is 0. The van der Waals surface area contributed by atoms with Gasteiger partial charge in [0.05, 0.1) is 5.39 Å². The van der Waals surface area contributed by atoms with Crippen molar-refractivity contribution >= 4 is 16.7 Å². The molecular formula is C22H24N2O3. The Hall–Kier alpha value is -2.95. The summed E-state index contributed by atoms with van der Waals surface area (Å²) in [5.74, 6) is -0.516. The third-order valence-corrected chi connectivity index (χ3v) is 4.50. The topological polar surface area (TPSA) is 61.2 Å². The number of carbonyl (C=O) groups is 1. The molecule has 0 amide bonds. The highest BCUT2D eigenvalue weighted by Crippen LogP contribution is 2.15. The molecule has 0 radical (unpaired) electrons. The highest BCUT2D eigenvalue weighted by Gasteiger charge is 2.18. The third-order valence-electron chi connectivity index (χ3n) is 4.50. The monoisotopic (exact) mass is 364 g/mol. The van der Waals surface area contributed by atoms with Gasteiger partial charge in [-0.2, -0.15) is 5.10 Å². The number of aromatic nitrogens is 2. The molecule has 0 saturated heterocycles. The van der Waals surface area contributed by atoms with E-state index in [2.05, 4.69) is 12.0 Å². The summed E-state index contributed by atoms with van der Waals surface area (Å²) < 4.78 is 6.84. The predicted molar refractivity (Wildman–Crippen MR) is 106 cm³/mol. The van der Waals surface area contributed by atoms with E-state index in [1.807, 2.05) is 30.3 Å². The molecular weight excluding hydrogens is 340 g/mol. The Morgan fingerprint density at radius 3 is 2.41 bits per heavy atom. The minimum Gasteiger partial charge on any atom is -0.456 e. The number of carbonyl (C=O) groups excluding carboxylic acids is 1. The average molecular weight is 364 g/mol. The molecule has 0 N–H and O–H groups in total. The number of esters is 1. The summed E-state index contributed by atoms with van der Waals surface area (Å²) in [5, 5.41) is 5.37. The largest absolute Gasteiger partial charge is 0.456 e. The van der Waals surface area contributed by atoms with Gasteiger partial charge < -0.3 is 4.74 Å². The number of rotatable bonds is 8. The lowest BCUT2D eigenvalue weighted by molar-refractivity contribution is 0.0465. The fraction of sp³-hybridized carbons (Fsp3) is 0.318.